The van der Waals surface area contributed by atoms with Crippen molar-refractivity contribution < 1.29 is 14.3 Å². The fourth-order valence-electron chi connectivity index (χ4n) is 1.36. The monoisotopic (exact) mass is 243 g/mol. The van der Waals surface area contributed by atoms with Crippen molar-refractivity contribution in [3.63, 3.8) is 0 Å². The molecule has 0 bridgehead atoms. The van der Waals surface area contributed by atoms with E-state index < -0.39 is 0 Å². The van der Waals surface area contributed by atoms with Crippen molar-refractivity contribution in [2.75, 3.05) is 12.9 Å². The van der Waals surface area contributed by atoms with Crippen molar-refractivity contribution in [2.45, 2.75) is 25.1 Å². The lowest BCUT2D eigenvalue weighted by Gasteiger charge is -2.20. The van der Waals surface area contributed by atoms with E-state index in [0.717, 1.165) is 0 Å². The van der Waals surface area contributed by atoms with E-state index >= 15 is 0 Å². The van der Waals surface area contributed by atoms with Gasteiger partial charge in [-0.25, -0.2) is 0 Å². The van der Waals surface area contributed by atoms with Gasteiger partial charge in [-0.1, -0.05) is 0 Å². The summed E-state index contributed by atoms with van der Waals surface area (Å²) in [4.78, 5) is 11.7. The van der Waals surface area contributed by atoms with E-state index in [1.54, 1.807) is 19.1 Å². The maximum Gasteiger partial charge on any atom is 0.287 e. The van der Waals surface area contributed by atoms with Crippen molar-refractivity contribution in [3.05, 3.63) is 23.7 Å². The van der Waals surface area contributed by atoms with E-state index in [2.05, 4.69) is 5.32 Å². The van der Waals surface area contributed by atoms with Gasteiger partial charge in [0.1, 0.15) is 5.76 Å². The lowest BCUT2D eigenvalue weighted by atomic mass is 10.2. The number of nitrogens with one attached hydrogen (secondary N) is 1. The predicted molar refractivity (Wildman–Crippen MR) is 64.8 cm³/mol. The molecule has 0 fully saturated rings. The van der Waals surface area contributed by atoms with E-state index in [4.69, 9.17) is 9.52 Å². The molecule has 0 radical (unpaired) electrons. The zero-order valence-corrected chi connectivity index (χ0v) is 10.5. The van der Waals surface area contributed by atoms with Gasteiger partial charge >= 0.3 is 0 Å². The second kappa shape index (κ2) is 5.96. The largest absolute Gasteiger partial charge is 0.456 e. The summed E-state index contributed by atoms with van der Waals surface area (Å²) < 4.78 is 5.21. The van der Waals surface area contributed by atoms with Gasteiger partial charge in [0.25, 0.3) is 5.91 Å². The van der Waals surface area contributed by atoms with Crippen LogP contribution >= 0.6 is 11.8 Å². The summed E-state index contributed by atoms with van der Waals surface area (Å²) in [6, 6.07) is 3.29. The minimum Gasteiger partial charge on any atom is -0.456 e. The fourth-order valence-corrected chi connectivity index (χ4v) is 1.99. The van der Waals surface area contributed by atoms with Crippen LogP contribution in [0.5, 0.6) is 0 Å². The van der Waals surface area contributed by atoms with E-state index in [1.165, 1.54) is 11.8 Å². The van der Waals surface area contributed by atoms with Crippen molar-refractivity contribution >= 4 is 17.7 Å². The number of aryl methyl sites for hydroxylation is 1. The average molecular weight is 243 g/mol. The Hall–Kier alpha value is -0.940. The van der Waals surface area contributed by atoms with E-state index in [9.17, 15) is 4.79 Å². The van der Waals surface area contributed by atoms with Gasteiger partial charge in [-0.15, -0.1) is 0 Å². The summed E-state index contributed by atoms with van der Waals surface area (Å²) in [5, 5.41) is 11.9. The number of aliphatic hydroxyl groups excluding tert-OH is 1. The molecule has 0 saturated heterocycles. The Balaban J connectivity index is 2.57. The van der Waals surface area contributed by atoms with Crippen molar-refractivity contribution in [1.82, 2.24) is 5.32 Å². The van der Waals surface area contributed by atoms with Gasteiger partial charge in [0.15, 0.2) is 5.76 Å². The first-order valence-electron chi connectivity index (χ1n) is 5.09. The van der Waals surface area contributed by atoms with Crippen molar-refractivity contribution in [2.24, 2.45) is 0 Å². The smallest absolute Gasteiger partial charge is 0.287 e. The van der Waals surface area contributed by atoms with E-state index in [-0.39, 0.29) is 23.8 Å². The number of carbonyl (C=O) groups is 1. The SMILES string of the molecule is CSC(CO)C(C)NC(=O)c1ccc(C)o1. The number of furan rings is 1. The molecule has 0 aliphatic rings. The Morgan fingerprint density at radius 3 is 2.75 bits per heavy atom. The first-order chi connectivity index (χ1) is 7.58. The maximum absolute atomic E-state index is 11.7. The third-order valence-corrected chi connectivity index (χ3v) is 3.53. The summed E-state index contributed by atoms with van der Waals surface area (Å²) in [6.07, 6.45) is 1.90. The number of hydrogen-bond acceptors (Lipinski definition) is 4. The lowest BCUT2D eigenvalue weighted by molar-refractivity contribution is 0.0906. The zero-order chi connectivity index (χ0) is 12.1. The van der Waals surface area contributed by atoms with Crippen LogP contribution in [-0.2, 0) is 0 Å². The molecule has 0 aliphatic heterocycles. The second-order valence-corrected chi connectivity index (χ2v) is 4.71. The number of carbonyl (C=O) groups excluding carboxylic acids is 1. The van der Waals surface area contributed by atoms with Crippen molar-refractivity contribution in [1.29, 1.82) is 0 Å². The molecule has 1 rings (SSSR count). The first kappa shape index (κ1) is 13.1. The van der Waals surface area contributed by atoms with Crippen LogP contribution in [-0.4, -0.2) is 35.2 Å². The zero-order valence-electron chi connectivity index (χ0n) is 9.69. The molecule has 0 aliphatic carbocycles. The van der Waals surface area contributed by atoms with E-state index in [1.807, 2.05) is 13.2 Å². The molecule has 1 aromatic rings. The summed E-state index contributed by atoms with van der Waals surface area (Å²) in [6.45, 7) is 3.70. The number of hydrogen-bond donors (Lipinski definition) is 2. The first-order valence-corrected chi connectivity index (χ1v) is 6.38. The number of rotatable bonds is 5. The van der Waals surface area contributed by atoms with Gasteiger partial charge in [0.05, 0.1) is 6.61 Å². The van der Waals surface area contributed by atoms with Crippen LogP contribution in [0.25, 0.3) is 0 Å². The maximum atomic E-state index is 11.7. The molecule has 2 N–H and O–H groups in total. The fraction of sp³-hybridized carbons (Fsp3) is 0.545. The van der Waals surface area contributed by atoms with Gasteiger partial charge < -0.3 is 14.8 Å². The quantitative estimate of drug-likeness (QED) is 0.821. The van der Waals surface area contributed by atoms with Crippen LogP contribution in [0, 0.1) is 6.92 Å². The van der Waals surface area contributed by atoms with Crippen LogP contribution in [0.15, 0.2) is 16.5 Å². The standard InChI is InChI=1S/C11H17NO3S/c1-7-4-5-9(15-7)11(14)12-8(2)10(6-13)16-3/h4-5,8,10,13H,6H2,1-3H3,(H,12,14). The molecule has 1 heterocycles. The van der Waals surface area contributed by atoms with Crippen LogP contribution in [0.4, 0.5) is 0 Å². The minimum absolute atomic E-state index is 0.00000850. The molecule has 1 aromatic heterocycles. The topological polar surface area (TPSA) is 62.5 Å². The summed E-state index contributed by atoms with van der Waals surface area (Å²) in [5.74, 6) is 0.775. The third-order valence-electron chi connectivity index (χ3n) is 2.36. The Labute approximate surface area is 99.4 Å². The summed E-state index contributed by atoms with van der Waals surface area (Å²) in [5.41, 5.74) is 0. The molecule has 16 heavy (non-hydrogen) atoms. The molecule has 1 amide bonds. The molecule has 0 spiro atoms. The Bertz CT molecular complexity index is 347. The Morgan fingerprint density at radius 1 is 1.62 bits per heavy atom. The van der Waals surface area contributed by atoms with Crippen LogP contribution in [0.2, 0.25) is 0 Å². The molecular weight excluding hydrogens is 226 g/mol. The Kier molecular flexibility index (Phi) is 4.89. The van der Waals surface area contributed by atoms with Crippen LogP contribution < -0.4 is 5.32 Å². The highest BCUT2D eigenvalue weighted by molar-refractivity contribution is 7.99. The Morgan fingerprint density at radius 2 is 2.31 bits per heavy atom. The van der Waals surface area contributed by atoms with Gasteiger partial charge in [-0.05, 0) is 32.2 Å². The molecule has 4 nitrogen and oxygen atoms in total. The van der Waals surface area contributed by atoms with Crippen LogP contribution in [0.3, 0.4) is 0 Å². The lowest BCUT2D eigenvalue weighted by Crippen LogP contribution is -2.41. The molecule has 0 saturated carbocycles. The van der Waals surface area contributed by atoms with E-state index in [0.29, 0.717) is 11.5 Å². The molecule has 90 valence electrons. The molecule has 2 unspecified atom stereocenters. The van der Waals surface area contributed by atoms with Gasteiger partial charge in [-0.2, -0.15) is 11.8 Å². The highest BCUT2D eigenvalue weighted by atomic mass is 32.2. The number of aliphatic hydroxyl groups is 1. The molecular formula is C11H17NO3S. The van der Waals surface area contributed by atoms with Crippen LogP contribution in [0.1, 0.15) is 23.2 Å². The third kappa shape index (κ3) is 3.28. The summed E-state index contributed by atoms with van der Waals surface area (Å²) >= 11 is 1.53. The van der Waals surface area contributed by atoms with Gasteiger partial charge in [0, 0.05) is 11.3 Å². The van der Waals surface area contributed by atoms with Crippen molar-refractivity contribution in [3.8, 4) is 0 Å². The highest BCUT2D eigenvalue weighted by Crippen LogP contribution is 2.12. The number of thioether (sulfide) groups is 1. The minimum atomic E-state index is -0.242. The molecule has 5 heteroatoms. The second-order valence-electron chi connectivity index (χ2n) is 3.63. The predicted octanol–water partition coefficient (Wildman–Crippen LogP) is 1.43. The van der Waals surface area contributed by atoms with Gasteiger partial charge in [0.2, 0.25) is 0 Å². The molecule has 2 atom stereocenters. The van der Waals surface area contributed by atoms with Gasteiger partial charge in [-0.3, -0.25) is 4.79 Å². The summed E-state index contributed by atoms with van der Waals surface area (Å²) in [7, 11) is 0. The average Bonchev–Trinajstić information content (AvgIpc) is 2.66. The number of amides is 1. The normalized spacial score (nSPS) is 14.5. The molecule has 0 aromatic carbocycles. The highest BCUT2D eigenvalue weighted by Gasteiger charge is 2.19.